The Hall–Kier alpha value is -1.34. The Bertz CT molecular complexity index is 655. The van der Waals surface area contributed by atoms with Crippen molar-refractivity contribution in [3.05, 3.63) is 16.3 Å². The maximum absolute atomic E-state index is 11.1. The minimum atomic E-state index is -0.226. The van der Waals surface area contributed by atoms with Crippen LogP contribution in [0.1, 0.15) is 23.2 Å². The number of nitrogens with zero attached hydrogens (tertiary/aromatic N) is 2. The number of aryl methyl sites for hydroxylation is 2. The molecule has 21 heavy (non-hydrogen) atoms. The van der Waals surface area contributed by atoms with E-state index in [0.29, 0.717) is 11.5 Å². The molecule has 0 saturated carbocycles. The molecule has 1 N–H and O–H groups in total. The molecule has 114 valence electrons. The van der Waals surface area contributed by atoms with Gasteiger partial charge in [0, 0.05) is 11.4 Å². The topological polar surface area (TPSA) is 64.1 Å². The molecule has 2 aromatic rings. The number of nitrogens with one attached hydrogen (secondary N) is 1. The quantitative estimate of drug-likeness (QED) is 0.823. The maximum atomic E-state index is 11.1. The SMILES string of the molecule is CCNc1nc(CSCC(=O)OC)nc2sc(C)c(C)c12. The molecular weight excluding hydrogens is 306 g/mol. The van der Waals surface area contributed by atoms with Crippen molar-refractivity contribution >= 4 is 45.1 Å². The third-order valence-electron chi connectivity index (χ3n) is 3.10. The number of carbonyl (C=O) groups excluding carboxylic acids is 1. The Kier molecular flexibility index (Phi) is 5.41. The second-order valence-corrected chi connectivity index (χ2v) is 6.74. The Morgan fingerprint density at radius 3 is 2.81 bits per heavy atom. The van der Waals surface area contributed by atoms with Crippen LogP contribution in [0.2, 0.25) is 0 Å². The molecule has 0 amide bonds. The lowest BCUT2D eigenvalue weighted by Crippen LogP contribution is -2.06. The first-order valence-electron chi connectivity index (χ1n) is 6.71. The third-order valence-corrected chi connectivity index (χ3v) is 5.10. The molecule has 0 bridgehead atoms. The Balaban J connectivity index is 2.27. The van der Waals surface area contributed by atoms with Gasteiger partial charge in [0.25, 0.3) is 0 Å². The number of aromatic nitrogens is 2. The van der Waals surface area contributed by atoms with Crippen LogP contribution >= 0.6 is 23.1 Å². The lowest BCUT2D eigenvalue weighted by Gasteiger charge is -2.07. The van der Waals surface area contributed by atoms with Crippen LogP contribution in [0.15, 0.2) is 0 Å². The zero-order chi connectivity index (χ0) is 15.4. The highest BCUT2D eigenvalue weighted by molar-refractivity contribution is 7.99. The Morgan fingerprint density at radius 2 is 2.14 bits per heavy atom. The lowest BCUT2D eigenvalue weighted by molar-refractivity contribution is -0.137. The van der Waals surface area contributed by atoms with Gasteiger partial charge in [0.2, 0.25) is 0 Å². The smallest absolute Gasteiger partial charge is 0.315 e. The van der Waals surface area contributed by atoms with Gasteiger partial charge in [0.15, 0.2) is 0 Å². The summed E-state index contributed by atoms with van der Waals surface area (Å²) in [6, 6.07) is 0. The van der Waals surface area contributed by atoms with Crippen molar-refractivity contribution in [1.82, 2.24) is 9.97 Å². The van der Waals surface area contributed by atoms with Gasteiger partial charge in [0.05, 0.1) is 24.0 Å². The van der Waals surface area contributed by atoms with E-state index in [1.165, 1.54) is 29.3 Å². The molecule has 0 atom stereocenters. The molecule has 0 aliphatic heterocycles. The highest BCUT2D eigenvalue weighted by Crippen LogP contribution is 2.33. The van der Waals surface area contributed by atoms with E-state index in [1.807, 2.05) is 6.92 Å². The van der Waals surface area contributed by atoms with Crippen molar-refractivity contribution < 1.29 is 9.53 Å². The van der Waals surface area contributed by atoms with E-state index in [2.05, 4.69) is 33.9 Å². The predicted octanol–water partition coefficient (Wildman–Crippen LogP) is 3.15. The van der Waals surface area contributed by atoms with Gasteiger partial charge in [0.1, 0.15) is 16.5 Å². The van der Waals surface area contributed by atoms with Crippen LogP contribution in [0.3, 0.4) is 0 Å². The molecule has 0 aromatic carbocycles. The summed E-state index contributed by atoms with van der Waals surface area (Å²) in [5.74, 6) is 2.32. The summed E-state index contributed by atoms with van der Waals surface area (Å²) in [4.78, 5) is 22.6. The molecule has 0 aliphatic carbocycles. The number of anilines is 1. The van der Waals surface area contributed by atoms with Crippen molar-refractivity contribution in [2.45, 2.75) is 26.5 Å². The van der Waals surface area contributed by atoms with Gasteiger partial charge in [-0.05, 0) is 26.3 Å². The monoisotopic (exact) mass is 325 g/mol. The highest BCUT2D eigenvalue weighted by atomic mass is 32.2. The molecule has 0 fully saturated rings. The number of ether oxygens (including phenoxy) is 1. The molecule has 0 saturated heterocycles. The molecule has 0 unspecified atom stereocenters. The number of thiophene rings is 1. The fourth-order valence-corrected chi connectivity index (χ4v) is 3.68. The molecular formula is C14H19N3O2S2. The number of thioether (sulfide) groups is 1. The van der Waals surface area contributed by atoms with Crippen LogP contribution < -0.4 is 5.32 Å². The van der Waals surface area contributed by atoms with Gasteiger partial charge in [-0.3, -0.25) is 4.79 Å². The number of esters is 1. The molecule has 2 aromatic heterocycles. The Labute approximate surface area is 132 Å². The van der Waals surface area contributed by atoms with E-state index in [1.54, 1.807) is 11.3 Å². The van der Waals surface area contributed by atoms with Crippen LogP contribution in [0.25, 0.3) is 10.2 Å². The summed E-state index contributed by atoms with van der Waals surface area (Å²) in [5, 5.41) is 4.42. The molecule has 7 heteroatoms. The molecule has 0 radical (unpaired) electrons. The van der Waals surface area contributed by atoms with Gasteiger partial charge in [-0.15, -0.1) is 23.1 Å². The summed E-state index contributed by atoms with van der Waals surface area (Å²) in [6.45, 7) is 7.07. The van der Waals surface area contributed by atoms with Crippen LogP contribution in [0.4, 0.5) is 5.82 Å². The number of rotatable bonds is 6. The van der Waals surface area contributed by atoms with Crippen molar-refractivity contribution in [3.8, 4) is 0 Å². The second-order valence-electron chi connectivity index (χ2n) is 4.55. The number of hydrogen-bond acceptors (Lipinski definition) is 7. The maximum Gasteiger partial charge on any atom is 0.315 e. The van der Waals surface area contributed by atoms with Gasteiger partial charge in [-0.25, -0.2) is 9.97 Å². The summed E-state index contributed by atoms with van der Waals surface area (Å²) >= 11 is 3.15. The highest BCUT2D eigenvalue weighted by Gasteiger charge is 2.14. The van der Waals surface area contributed by atoms with Gasteiger partial charge in [-0.1, -0.05) is 0 Å². The molecule has 5 nitrogen and oxygen atoms in total. The van der Waals surface area contributed by atoms with Crippen molar-refractivity contribution in [1.29, 1.82) is 0 Å². The minimum absolute atomic E-state index is 0.226. The normalized spacial score (nSPS) is 10.9. The minimum Gasteiger partial charge on any atom is -0.468 e. The van der Waals surface area contributed by atoms with Gasteiger partial charge < -0.3 is 10.1 Å². The standard InChI is InChI=1S/C14H19N3O2S2/c1-5-15-13-12-8(2)9(3)21-14(12)17-10(16-13)6-20-7-11(18)19-4/h5-7H2,1-4H3,(H,15,16,17). The van der Waals surface area contributed by atoms with Gasteiger partial charge in [-0.2, -0.15) is 0 Å². The second kappa shape index (κ2) is 7.09. The van der Waals surface area contributed by atoms with E-state index >= 15 is 0 Å². The first-order valence-corrected chi connectivity index (χ1v) is 8.69. The number of methoxy groups -OCH3 is 1. The zero-order valence-electron chi connectivity index (χ0n) is 12.6. The number of carbonyl (C=O) groups is 1. The zero-order valence-corrected chi connectivity index (χ0v) is 14.3. The van der Waals surface area contributed by atoms with Crippen molar-refractivity contribution in [2.75, 3.05) is 24.7 Å². The van der Waals surface area contributed by atoms with E-state index < -0.39 is 0 Å². The summed E-state index contributed by atoms with van der Waals surface area (Å²) in [7, 11) is 1.39. The molecule has 0 spiro atoms. The Morgan fingerprint density at radius 1 is 1.38 bits per heavy atom. The van der Waals surface area contributed by atoms with Crippen molar-refractivity contribution in [3.63, 3.8) is 0 Å². The third kappa shape index (κ3) is 3.65. The van der Waals surface area contributed by atoms with E-state index in [4.69, 9.17) is 0 Å². The number of hydrogen-bond donors (Lipinski definition) is 1. The number of fused-ring (bicyclic) bond motifs is 1. The summed E-state index contributed by atoms with van der Waals surface area (Å²) in [6.07, 6.45) is 0. The van der Waals surface area contributed by atoms with Gasteiger partial charge >= 0.3 is 5.97 Å². The first-order chi connectivity index (χ1) is 10.1. The first kappa shape index (κ1) is 16.0. The fraction of sp³-hybridized carbons (Fsp3) is 0.500. The molecule has 2 heterocycles. The summed E-state index contributed by atoms with van der Waals surface area (Å²) < 4.78 is 4.63. The largest absolute Gasteiger partial charge is 0.468 e. The van der Waals surface area contributed by atoms with E-state index in [9.17, 15) is 4.79 Å². The predicted molar refractivity (Wildman–Crippen MR) is 89.2 cm³/mol. The van der Waals surface area contributed by atoms with Crippen LogP contribution in [0, 0.1) is 13.8 Å². The average Bonchev–Trinajstić information content (AvgIpc) is 2.74. The van der Waals surface area contributed by atoms with Crippen LogP contribution in [0.5, 0.6) is 0 Å². The van der Waals surface area contributed by atoms with E-state index in [0.717, 1.165) is 28.4 Å². The van der Waals surface area contributed by atoms with Crippen molar-refractivity contribution in [2.24, 2.45) is 0 Å². The lowest BCUT2D eigenvalue weighted by atomic mass is 10.2. The molecule has 2 rings (SSSR count). The fourth-order valence-electron chi connectivity index (χ4n) is 1.94. The van der Waals surface area contributed by atoms with E-state index in [-0.39, 0.29) is 5.97 Å². The van der Waals surface area contributed by atoms with Crippen LogP contribution in [-0.2, 0) is 15.3 Å². The average molecular weight is 325 g/mol. The summed E-state index contributed by atoms with van der Waals surface area (Å²) in [5.41, 5.74) is 1.24. The molecule has 0 aliphatic rings. The van der Waals surface area contributed by atoms with Crippen LogP contribution in [-0.4, -0.2) is 35.3 Å².